The summed E-state index contributed by atoms with van der Waals surface area (Å²) >= 11 is 0. The van der Waals surface area contributed by atoms with E-state index in [1.807, 2.05) is 42.5 Å². The van der Waals surface area contributed by atoms with Crippen LogP contribution in [-0.2, 0) is 11.3 Å². The van der Waals surface area contributed by atoms with Gasteiger partial charge in [-0.25, -0.2) is 0 Å². The molecule has 8 nitrogen and oxygen atoms in total. The Morgan fingerprint density at radius 1 is 1.11 bits per heavy atom. The van der Waals surface area contributed by atoms with Crippen LogP contribution >= 0.6 is 0 Å². The van der Waals surface area contributed by atoms with Crippen molar-refractivity contribution in [3.8, 4) is 5.69 Å². The van der Waals surface area contributed by atoms with Crippen molar-refractivity contribution in [2.45, 2.75) is 25.4 Å². The van der Waals surface area contributed by atoms with Crippen molar-refractivity contribution in [1.82, 2.24) is 35.4 Å². The van der Waals surface area contributed by atoms with Gasteiger partial charge in [0.1, 0.15) is 6.04 Å². The van der Waals surface area contributed by atoms with Crippen molar-refractivity contribution in [2.24, 2.45) is 0 Å². The molecule has 1 amide bonds. The van der Waals surface area contributed by atoms with Crippen molar-refractivity contribution in [3.05, 3.63) is 66.2 Å². The Morgan fingerprint density at radius 2 is 1.93 bits per heavy atom. The number of nitrogens with zero attached hydrogens (tertiary/aromatic N) is 6. The second-order valence-corrected chi connectivity index (χ2v) is 6.49. The Kier molecular flexibility index (Phi) is 5.15. The first-order valence-electron chi connectivity index (χ1n) is 9.07. The average molecular weight is 363 g/mol. The molecular weight excluding hydrogens is 342 g/mol. The predicted molar refractivity (Wildman–Crippen MR) is 98.8 cm³/mol. The molecule has 0 aliphatic carbocycles. The van der Waals surface area contributed by atoms with Crippen LogP contribution in [-0.4, -0.2) is 49.1 Å². The van der Waals surface area contributed by atoms with E-state index < -0.39 is 0 Å². The Bertz CT molecular complexity index is 875. The molecule has 0 spiro atoms. The third-order valence-corrected chi connectivity index (χ3v) is 4.71. The van der Waals surface area contributed by atoms with Crippen LogP contribution in [0.5, 0.6) is 0 Å². The van der Waals surface area contributed by atoms with Gasteiger partial charge in [-0.2, -0.15) is 4.68 Å². The summed E-state index contributed by atoms with van der Waals surface area (Å²) in [5.41, 5.74) is 1.76. The van der Waals surface area contributed by atoms with Crippen LogP contribution in [0.4, 0.5) is 0 Å². The van der Waals surface area contributed by atoms with Crippen LogP contribution in [0.3, 0.4) is 0 Å². The molecule has 1 saturated heterocycles. The standard InChI is InChI=1S/C19H21N7O/c27-19(18(25-11-4-5-12-25)15-7-6-10-20-13-15)21-14-17-22-23-24-26(17)16-8-2-1-3-9-16/h1-3,6-10,13,18H,4-5,11-12,14H2,(H,21,27)/t18-/m0/s1. The number of likely N-dealkylation sites (tertiary alicyclic amines) is 1. The largest absolute Gasteiger partial charge is 0.347 e. The van der Waals surface area contributed by atoms with Crippen LogP contribution in [0.1, 0.15) is 30.3 Å². The van der Waals surface area contributed by atoms with Gasteiger partial charge in [0.2, 0.25) is 5.91 Å². The minimum Gasteiger partial charge on any atom is -0.347 e. The van der Waals surface area contributed by atoms with Gasteiger partial charge in [0.15, 0.2) is 5.82 Å². The van der Waals surface area contributed by atoms with Crippen molar-refractivity contribution < 1.29 is 4.79 Å². The average Bonchev–Trinajstić information content (AvgIpc) is 3.40. The Morgan fingerprint density at radius 3 is 2.67 bits per heavy atom. The molecule has 0 unspecified atom stereocenters. The van der Waals surface area contributed by atoms with Gasteiger partial charge in [-0.05, 0) is 60.1 Å². The zero-order valence-electron chi connectivity index (χ0n) is 14.9. The maximum atomic E-state index is 13.0. The fraction of sp³-hybridized carbons (Fsp3) is 0.316. The molecule has 0 radical (unpaired) electrons. The molecule has 1 aromatic carbocycles. The highest BCUT2D eigenvalue weighted by Crippen LogP contribution is 2.24. The van der Waals surface area contributed by atoms with Crippen molar-refractivity contribution in [3.63, 3.8) is 0 Å². The molecule has 2 aromatic heterocycles. The van der Waals surface area contributed by atoms with E-state index >= 15 is 0 Å². The summed E-state index contributed by atoms with van der Waals surface area (Å²) in [5, 5.41) is 14.8. The number of hydrogen-bond donors (Lipinski definition) is 1. The lowest BCUT2D eigenvalue weighted by atomic mass is 10.1. The number of tetrazole rings is 1. The normalized spacial score (nSPS) is 15.6. The van der Waals surface area contributed by atoms with E-state index in [9.17, 15) is 4.79 Å². The first-order chi connectivity index (χ1) is 13.3. The smallest absolute Gasteiger partial charge is 0.242 e. The van der Waals surface area contributed by atoms with Gasteiger partial charge in [0, 0.05) is 12.4 Å². The maximum Gasteiger partial charge on any atom is 0.242 e. The molecule has 1 aliphatic rings. The second-order valence-electron chi connectivity index (χ2n) is 6.49. The van der Waals surface area contributed by atoms with E-state index in [2.05, 4.69) is 30.7 Å². The van der Waals surface area contributed by atoms with E-state index in [0.717, 1.165) is 37.2 Å². The Balaban J connectivity index is 1.50. The topological polar surface area (TPSA) is 88.8 Å². The lowest BCUT2D eigenvalue weighted by Crippen LogP contribution is -2.39. The SMILES string of the molecule is O=C(NCc1nnnn1-c1ccccc1)[C@H](c1cccnc1)N1CCCC1. The molecule has 27 heavy (non-hydrogen) atoms. The van der Waals surface area contributed by atoms with Crippen LogP contribution in [0.25, 0.3) is 5.69 Å². The highest BCUT2D eigenvalue weighted by molar-refractivity contribution is 5.83. The van der Waals surface area contributed by atoms with Crippen LogP contribution in [0, 0.1) is 0 Å². The third-order valence-electron chi connectivity index (χ3n) is 4.71. The number of nitrogens with one attached hydrogen (secondary N) is 1. The first kappa shape index (κ1) is 17.3. The lowest BCUT2D eigenvalue weighted by Gasteiger charge is -2.26. The highest BCUT2D eigenvalue weighted by Gasteiger charge is 2.30. The summed E-state index contributed by atoms with van der Waals surface area (Å²) in [6.07, 6.45) is 5.69. The number of hydrogen-bond acceptors (Lipinski definition) is 6. The van der Waals surface area contributed by atoms with Crippen molar-refractivity contribution in [2.75, 3.05) is 13.1 Å². The molecule has 0 bridgehead atoms. The quantitative estimate of drug-likeness (QED) is 0.714. The molecule has 8 heteroatoms. The van der Waals surface area contributed by atoms with Crippen LogP contribution in [0.2, 0.25) is 0 Å². The molecule has 1 fully saturated rings. The van der Waals surface area contributed by atoms with Crippen molar-refractivity contribution >= 4 is 5.91 Å². The van der Waals surface area contributed by atoms with Gasteiger partial charge in [0.25, 0.3) is 0 Å². The Labute approximate surface area is 157 Å². The molecule has 138 valence electrons. The summed E-state index contributed by atoms with van der Waals surface area (Å²) in [6.45, 7) is 2.08. The van der Waals surface area contributed by atoms with Gasteiger partial charge in [-0.15, -0.1) is 5.10 Å². The van der Waals surface area contributed by atoms with Gasteiger partial charge in [-0.3, -0.25) is 14.7 Å². The summed E-state index contributed by atoms with van der Waals surface area (Å²) in [7, 11) is 0. The van der Waals surface area contributed by atoms with Gasteiger partial charge >= 0.3 is 0 Å². The monoisotopic (exact) mass is 363 g/mol. The number of aromatic nitrogens is 5. The number of carbonyl (C=O) groups excluding carboxylic acids is 1. The summed E-state index contributed by atoms with van der Waals surface area (Å²) in [6, 6.07) is 13.1. The molecule has 4 rings (SSSR count). The molecule has 1 N–H and O–H groups in total. The zero-order chi connectivity index (χ0) is 18.5. The molecule has 3 aromatic rings. The Hall–Kier alpha value is -3.13. The van der Waals surface area contributed by atoms with E-state index in [0.29, 0.717) is 5.82 Å². The summed E-state index contributed by atoms with van der Waals surface area (Å²) in [5.74, 6) is 0.522. The van der Waals surface area contributed by atoms with Gasteiger partial charge < -0.3 is 5.32 Å². The summed E-state index contributed by atoms with van der Waals surface area (Å²) < 4.78 is 1.63. The minimum absolute atomic E-state index is 0.0625. The maximum absolute atomic E-state index is 13.0. The first-order valence-corrected chi connectivity index (χ1v) is 9.07. The van der Waals surface area contributed by atoms with Gasteiger partial charge in [-0.1, -0.05) is 24.3 Å². The minimum atomic E-state index is -0.345. The van der Waals surface area contributed by atoms with E-state index in [-0.39, 0.29) is 18.5 Å². The van der Waals surface area contributed by atoms with Crippen LogP contribution in [0.15, 0.2) is 54.9 Å². The fourth-order valence-corrected chi connectivity index (χ4v) is 3.41. The van der Waals surface area contributed by atoms with Crippen LogP contribution < -0.4 is 5.32 Å². The van der Waals surface area contributed by atoms with E-state index in [1.54, 1.807) is 17.1 Å². The molecule has 1 atom stereocenters. The number of amides is 1. The van der Waals surface area contributed by atoms with Crippen molar-refractivity contribution in [1.29, 1.82) is 0 Å². The lowest BCUT2D eigenvalue weighted by molar-refractivity contribution is -0.126. The summed E-state index contributed by atoms with van der Waals surface area (Å²) in [4.78, 5) is 19.4. The number of pyridine rings is 1. The van der Waals surface area contributed by atoms with E-state index in [1.165, 1.54) is 0 Å². The predicted octanol–water partition coefficient (Wildman–Crippen LogP) is 1.51. The van der Waals surface area contributed by atoms with Gasteiger partial charge in [0.05, 0.1) is 12.2 Å². The third kappa shape index (κ3) is 3.85. The molecule has 1 aliphatic heterocycles. The number of carbonyl (C=O) groups is 1. The molecule has 3 heterocycles. The number of rotatable bonds is 6. The number of benzene rings is 1. The molecular formula is C19H21N7O. The van der Waals surface area contributed by atoms with E-state index in [4.69, 9.17) is 0 Å². The zero-order valence-corrected chi connectivity index (χ0v) is 14.9. The molecule has 0 saturated carbocycles. The fourth-order valence-electron chi connectivity index (χ4n) is 3.41. The number of para-hydroxylation sites is 1. The highest BCUT2D eigenvalue weighted by atomic mass is 16.2. The second kappa shape index (κ2) is 8.05.